The third-order valence-electron chi connectivity index (χ3n) is 5.19. The zero-order chi connectivity index (χ0) is 24.9. The van der Waals surface area contributed by atoms with Crippen molar-refractivity contribution >= 4 is 40.6 Å². The van der Waals surface area contributed by atoms with Crippen LogP contribution in [0.2, 0.25) is 0 Å². The molecule has 178 valence electrons. The molecule has 8 heteroatoms. The molecule has 3 aromatic rings. The number of amides is 3. The van der Waals surface area contributed by atoms with Crippen LogP contribution in [-0.4, -0.2) is 28.5 Å². The standard InChI is InChI=1S/C27H23FN2O4S/c1-17-10-18(2)12-21(11-17)29-25(31)15-30-26(32)24(35-27(30)33)14-19-6-5-8-22(13-19)34-16-20-7-3-4-9-23(20)28/h3-14H,15-16H2,1-2H3,(H,29,31)/b24-14+. The average molecular weight is 491 g/mol. The Hall–Kier alpha value is -3.91. The number of hydrogen-bond acceptors (Lipinski definition) is 5. The van der Waals surface area contributed by atoms with Crippen LogP contribution in [0, 0.1) is 19.7 Å². The van der Waals surface area contributed by atoms with Gasteiger partial charge in [0.15, 0.2) is 0 Å². The summed E-state index contributed by atoms with van der Waals surface area (Å²) in [6.07, 6.45) is 1.57. The second kappa shape index (κ2) is 10.6. The fraction of sp³-hybridized carbons (Fsp3) is 0.148. The molecule has 1 aliphatic rings. The molecule has 0 aromatic heterocycles. The van der Waals surface area contributed by atoms with Crippen LogP contribution >= 0.6 is 11.8 Å². The molecule has 4 rings (SSSR count). The van der Waals surface area contributed by atoms with Gasteiger partial charge in [-0.1, -0.05) is 36.4 Å². The number of nitrogens with zero attached hydrogens (tertiary/aromatic N) is 1. The lowest BCUT2D eigenvalue weighted by molar-refractivity contribution is -0.127. The van der Waals surface area contributed by atoms with Crippen LogP contribution < -0.4 is 10.1 Å². The van der Waals surface area contributed by atoms with E-state index >= 15 is 0 Å². The summed E-state index contributed by atoms with van der Waals surface area (Å²) in [5.74, 6) is -0.844. The quantitative estimate of drug-likeness (QED) is 0.430. The van der Waals surface area contributed by atoms with Crippen molar-refractivity contribution in [3.63, 3.8) is 0 Å². The highest BCUT2D eigenvalue weighted by Gasteiger charge is 2.36. The van der Waals surface area contributed by atoms with E-state index in [0.29, 0.717) is 22.6 Å². The van der Waals surface area contributed by atoms with Crippen molar-refractivity contribution in [2.24, 2.45) is 0 Å². The van der Waals surface area contributed by atoms with E-state index in [1.807, 2.05) is 32.0 Å². The zero-order valence-corrected chi connectivity index (χ0v) is 20.0. The number of carbonyl (C=O) groups is 3. The van der Waals surface area contributed by atoms with E-state index in [1.54, 1.807) is 48.5 Å². The Morgan fingerprint density at radius 3 is 2.51 bits per heavy atom. The summed E-state index contributed by atoms with van der Waals surface area (Å²) in [6.45, 7) is 3.52. The first kappa shape index (κ1) is 24.2. The van der Waals surface area contributed by atoms with Crippen molar-refractivity contribution in [1.82, 2.24) is 4.90 Å². The van der Waals surface area contributed by atoms with Crippen LogP contribution in [0.1, 0.15) is 22.3 Å². The Labute approximate surface area is 206 Å². The van der Waals surface area contributed by atoms with Gasteiger partial charge in [-0.15, -0.1) is 0 Å². The lowest BCUT2D eigenvalue weighted by Gasteiger charge is -2.13. The van der Waals surface area contributed by atoms with Crippen LogP contribution in [0.3, 0.4) is 0 Å². The Morgan fingerprint density at radius 2 is 1.77 bits per heavy atom. The number of halogens is 1. The number of ether oxygens (including phenoxy) is 1. The van der Waals surface area contributed by atoms with E-state index in [-0.39, 0.29) is 23.9 Å². The fourth-order valence-electron chi connectivity index (χ4n) is 3.65. The van der Waals surface area contributed by atoms with Gasteiger partial charge in [0, 0.05) is 11.3 Å². The van der Waals surface area contributed by atoms with E-state index in [9.17, 15) is 18.8 Å². The monoisotopic (exact) mass is 490 g/mol. The smallest absolute Gasteiger partial charge is 0.294 e. The molecule has 3 aromatic carbocycles. The minimum absolute atomic E-state index is 0.0578. The van der Waals surface area contributed by atoms with Crippen LogP contribution in [0.15, 0.2) is 71.6 Å². The molecule has 3 amide bonds. The van der Waals surface area contributed by atoms with Crippen molar-refractivity contribution in [1.29, 1.82) is 0 Å². The third kappa shape index (κ3) is 6.16. The Balaban J connectivity index is 1.41. The molecule has 0 radical (unpaired) electrons. The molecule has 0 unspecified atom stereocenters. The highest BCUT2D eigenvalue weighted by molar-refractivity contribution is 8.18. The normalized spacial score (nSPS) is 14.5. The molecule has 0 aliphatic carbocycles. The summed E-state index contributed by atoms with van der Waals surface area (Å²) in [6, 6.07) is 18.9. The summed E-state index contributed by atoms with van der Waals surface area (Å²) >= 11 is 0.776. The van der Waals surface area contributed by atoms with Gasteiger partial charge in [0.2, 0.25) is 5.91 Å². The predicted octanol–water partition coefficient (Wildman–Crippen LogP) is 5.70. The lowest BCUT2D eigenvalue weighted by atomic mass is 10.1. The summed E-state index contributed by atoms with van der Waals surface area (Å²) in [5, 5.41) is 2.23. The molecule has 1 heterocycles. The lowest BCUT2D eigenvalue weighted by Crippen LogP contribution is -2.36. The number of anilines is 1. The molecule has 1 N–H and O–H groups in total. The maximum absolute atomic E-state index is 13.8. The van der Waals surface area contributed by atoms with Crippen molar-refractivity contribution in [2.45, 2.75) is 20.5 Å². The summed E-state index contributed by atoms with van der Waals surface area (Å²) in [5.41, 5.74) is 3.67. The molecule has 1 aliphatic heterocycles. The number of rotatable bonds is 7. The maximum Gasteiger partial charge on any atom is 0.294 e. The number of benzene rings is 3. The van der Waals surface area contributed by atoms with E-state index in [4.69, 9.17) is 4.74 Å². The molecule has 0 atom stereocenters. The predicted molar refractivity (Wildman–Crippen MR) is 134 cm³/mol. The number of nitrogens with one attached hydrogen (secondary N) is 1. The second-order valence-electron chi connectivity index (χ2n) is 8.14. The Kier molecular flexibility index (Phi) is 7.31. The highest BCUT2D eigenvalue weighted by atomic mass is 32.2. The fourth-order valence-corrected chi connectivity index (χ4v) is 4.49. The van der Waals surface area contributed by atoms with Gasteiger partial charge in [-0.3, -0.25) is 19.3 Å². The summed E-state index contributed by atoms with van der Waals surface area (Å²) in [7, 11) is 0. The highest BCUT2D eigenvalue weighted by Crippen LogP contribution is 2.32. The third-order valence-corrected chi connectivity index (χ3v) is 6.10. The maximum atomic E-state index is 13.8. The first-order valence-electron chi connectivity index (χ1n) is 10.9. The summed E-state index contributed by atoms with van der Waals surface area (Å²) < 4.78 is 19.5. The summed E-state index contributed by atoms with van der Waals surface area (Å²) in [4.78, 5) is 38.8. The van der Waals surface area contributed by atoms with Crippen molar-refractivity contribution < 1.29 is 23.5 Å². The second-order valence-corrected chi connectivity index (χ2v) is 9.14. The first-order valence-corrected chi connectivity index (χ1v) is 11.7. The van der Waals surface area contributed by atoms with Gasteiger partial charge < -0.3 is 10.1 Å². The number of aryl methyl sites for hydroxylation is 2. The molecular weight excluding hydrogens is 467 g/mol. The van der Waals surface area contributed by atoms with E-state index in [0.717, 1.165) is 27.8 Å². The van der Waals surface area contributed by atoms with Crippen molar-refractivity contribution in [3.05, 3.63) is 99.7 Å². The van der Waals surface area contributed by atoms with Crippen molar-refractivity contribution in [2.75, 3.05) is 11.9 Å². The molecule has 0 spiro atoms. The van der Waals surface area contributed by atoms with Gasteiger partial charge in [0.05, 0.1) is 4.91 Å². The number of thioether (sulfide) groups is 1. The van der Waals surface area contributed by atoms with Gasteiger partial charge in [-0.05, 0) is 78.7 Å². The van der Waals surface area contributed by atoms with Crippen LogP contribution in [-0.2, 0) is 16.2 Å². The van der Waals surface area contributed by atoms with Gasteiger partial charge >= 0.3 is 0 Å². The van der Waals surface area contributed by atoms with Gasteiger partial charge in [0.1, 0.15) is 24.7 Å². The van der Waals surface area contributed by atoms with Gasteiger partial charge in [-0.2, -0.15) is 0 Å². The zero-order valence-electron chi connectivity index (χ0n) is 19.2. The molecule has 1 fully saturated rings. The molecule has 0 saturated carbocycles. The molecule has 0 bridgehead atoms. The van der Waals surface area contributed by atoms with Gasteiger partial charge in [-0.25, -0.2) is 4.39 Å². The first-order chi connectivity index (χ1) is 16.8. The largest absolute Gasteiger partial charge is 0.489 e. The van der Waals surface area contributed by atoms with E-state index in [2.05, 4.69) is 5.32 Å². The minimum Gasteiger partial charge on any atom is -0.489 e. The van der Waals surface area contributed by atoms with Crippen LogP contribution in [0.5, 0.6) is 5.75 Å². The van der Waals surface area contributed by atoms with E-state index in [1.165, 1.54) is 6.07 Å². The topological polar surface area (TPSA) is 75.7 Å². The Morgan fingerprint density at radius 1 is 1.03 bits per heavy atom. The molecular formula is C27H23FN2O4S. The number of carbonyl (C=O) groups excluding carboxylic acids is 3. The van der Waals surface area contributed by atoms with Crippen LogP contribution in [0.4, 0.5) is 14.9 Å². The number of imide groups is 1. The van der Waals surface area contributed by atoms with Crippen molar-refractivity contribution in [3.8, 4) is 5.75 Å². The molecule has 35 heavy (non-hydrogen) atoms. The molecule has 6 nitrogen and oxygen atoms in total. The van der Waals surface area contributed by atoms with E-state index < -0.39 is 17.1 Å². The van der Waals surface area contributed by atoms with Crippen LogP contribution in [0.25, 0.3) is 6.08 Å². The Bertz CT molecular complexity index is 1320. The number of hydrogen-bond donors (Lipinski definition) is 1. The SMILES string of the molecule is Cc1cc(C)cc(NC(=O)CN2C(=O)S/C(=C/c3cccc(OCc4ccccc4F)c3)C2=O)c1. The minimum atomic E-state index is -0.534. The van der Waals surface area contributed by atoms with Gasteiger partial charge in [0.25, 0.3) is 11.1 Å². The molecule has 1 saturated heterocycles. The average Bonchev–Trinajstić information content (AvgIpc) is 3.05.